The van der Waals surface area contributed by atoms with Crippen molar-refractivity contribution in [2.75, 3.05) is 0 Å². The summed E-state index contributed by atoms with van der Waals surface area (Å²) in [6, 6.07) is 60.0. The largest absolute Gasteiger partial charge is 0.398 e. The maximum Gasteiger partial charge on any atom is 0.115 e. The molecular formula is C46H33N3S. The van der Waals surface area contributed by atoms with Crippen molar-refractivity contribution in [2.45, 2.75) is 6.67 Å². The van der Waals surface area contributed by atoms with Crippen LogP contribution in [-0.2, 0) is 6.67 Å². The Labute approximate surface area is 294 Å². The van der Waals surface area contributed by atoms with Crippen LogP contribution in [0.15, 0.2) is 181 Å². The van der Waals surface area contributed by atoms with Gasteiger partial charge in [0.2, 0.25) is 0 Å². The molecule has 0 fully saturated rings. The van der Waals surface area contributed by atoms with E-state index in [1.54, 1.807) is 0 Å². The van der Waals surface area contributed by atoms with Crippen LogP contribution in [0.2, 0.25) is 0 Å². The van der Waals surface area contributed by atoms with Crippen LogP contribution in [0.3, 0.4) is 0 Å². The van der Waals surface area contributed by atoms with E-state index in [2.05, 4.69) is 150 Å². The average Bonchev–Trinajstić information content (AvgIpc) is 3.72. The van der Waals surface area contributed by atoms with Crippen LogP contribution in [0.4, 0.5) is 0 Å². The van der Waals surface area contributed by atoms with Crippen molar-refractivity contribution < 1.29 is 0 Å². The number of nitrogens with two attached hydrogens (primary N) is 1. The van der Waals surface area contributed by atoms with Gasteiger partial charge in [0, 0.05) is 36.6 Å². The number of hydrogen-bond acceptors (Lipinski definition) is 3. The number of aromatic nitrogens is 1. The summed E-state index contributed by atoms with van der Waals surface area (Å²) in [7, 11) is 0. The van der Waals surface area contributed by atoms with Crippen LogP contribution in [0.1, 0.15) is 11.1 Å². The first-order valence-corrected chi connectivity index (χ1v) is 17.7. The van der Waals surface area contributed by atoms with Gasteiger partial charge in [0.25, 0.3) is 0 Å². The molecule has 0 saturated carbocycles. The van der Waals surface area contributed by atoms with E-state index in [0.29, 0.717) is 12.4 Å². The summed E-state index contributed by atoms with van der Waals surface area (Å²) in [5.41, 5.74) is 17.4. The van der Waals surface area contributed by atoms with E-state index in [-0.39, 0.29) is 0 Å². The minimum Gasteiger partial charge on any atom is -0.398 e. The molecule has 0 unspecified atom stereocenters. The molecule has 7 aromatic carbocycles. The molecule has 2 heterocycles. The lowest BCUT2D eigenvalue weighted by molar-refractivity contribution is 0.793. The third-order valence-corrected chi connectivity index (χ3v) is 10.8. The van der Waals surface area contributed by atoms with Gasteiger partial charge < -0.3 is 10.3 Å². The number of allylic oxidation sites excluding steroid dienone is 1. The predicted molar refractivity (Wildman–Crippen MR) is 215 cm³/mol. The Morgan fingerprint density at radius 2 is 1.18 bits per heavy atom. The van der Waals surface area contributed by atoms with Gasteiger partial charge in [-0.3, -0.25) is 4.99 Å². The fraction of sp³-hybridized carbons (Fsp3) is 0.0217. The molecule has 0 bridgehead atoms. The highest BCUT2D eigenvalue weighted by Gasteiger charge is 2.15. The summed E-state index contributed by atoms with van der Waals surface area (Å²) < 4.78 is 4.96. The first kappa shape index (κ1) is 29.9. The number of aliphatic imine (C=N–C) groups is 1. The number of benzene rings is 7. The number of hydrogen-bond donors (Lipinski definition) is 1. The van der Waals surface area contributed by atoms with E-state index < -0.39 is 0 Å². The zero-order valence-electron chi connectivity index (χ0n) is 27.3. The molecule has 238 valence electrons. The van der Waals surface area contributed by atoms with Crippen LogP contribution in [0.25, 0.3) is 69.9 Å². The summed E-state index contributed by atoms with van der Waals surface area (Å²) in [6.45, 7) is 0.455. The van der Waals surface area contributed by atoms with Crippen LogP contribution in [0, 0.1) is 0 Å². The van der Waals surface area contributed by atoms with E-state index in [1.165, 1.54) is 47.6 Å². The zero-order chi connectivity index (χ0) is 33.4. The number of rotatable bonds is 7. The molecule has 9 rings (SSSR count). The Hall–Kier alpha value is -6.23. The molecule has 0 aliphatic carbocycles. The molecular weight excluding hydrogens is 627 g/mol. The Morgan fingerprint density at radius 1 is 0.540 bits per heavy atom. The first-order valence-electron chi connectivity index (χ1n) is 16.9. The summed E-state index contributed by atoms with van der Waals surface area (Å²) in [5, 5.41) is 5.07. The van der Waals surface area contributed by atoms with Gasteiger partial charge in [0.15, 0.2) is 0 Å². The number of para-hydroxylation sites is 1. The second kappa shape index (κ2) is 12.7. The highest BCUT2D eigenvalue weighted by Crippen LogP contribution is 2.41. The lowest BCUT2D eigenvalue weighted by Gasteiger charge is -2.10. The summed E-state index contributed by atoms with van der Waals surface area (Å²) in [4.78, 5) is 5.24. The fourth-order valence-electron chi connectivity index (χ4n) is 7.04. The van der Waals surface area contributed by atoms with Gasteiger partial charge in [-0.15, -0.1) is 11.3 Å². The second-order valence-corrected chi connectivity index (χ2v) is 13.6. The van der Waals surface area contributed by atoms with E-state index in [4.69, 9.17) is 10.7 Å². The summed E-state index contributed by atoms with van der Waals surface area (Å²) in [6.07, 6.45) is 2.00. The van der Waals surface area contributed by atoms with E-state index >= 15 is 0 Å². The number of fused-ring (bicyclic) bond motifs is 6. The zero-order valence-corrected chi connectivity index (χ0v) is 28.1. The number of thiophene rings is 1. The minimum atomic E-state index is 0.455. The van der Waals surface area contributed by atoms with Crippen molar-refractivity contribution in [2.24, 2.45) is 10.7 Å². The Bertz CT molecular complexity index is 2720. The monoisotopic (exact) mass is 659 g/mol. The van der Waals surface area contributed by atoms with Crippen molar-refractivity contribution in [1.29, 1.82) is 0 Å². The smallest absolute Gasteiger partial charge is 0.115 e. The van der Waals surface area contributed by atoms with Crippen LogP contribution < -0.4 is 5.73 Å². The van der Waals surface area contributed by atoms with Gasteiger partial charge in [0.05, 0.1) is 16.7 Å². The Morgan fingerprint density at radius 3 is 2.00 bits per heavy atom. The molecule has 50 heavy (non-hydrogen) atoms. The van der Waals surface area contributed by atoms with Crippen molar-refractivity contribution >= 4 is 64.7 Å². The second-order valence-electron chi connectivity index (χ2n) is 12.6. The third kappa shape index (κ3) is 5.36. The number of nitrogens with zero attached hydrogens (tertiary/aromatic N) is 2. The van der Waals surface area contributed by atoms with Gasteiger partial charge in [-0.25, -0.2) is 0 Å². The van der Waals surface area contributed by atoms with Crippen molar-refractivity contribution in [3.63, 3.8) is 0 Å². The third-order valence-electron chi connectivity index (χ3n) is 9.56. The first-order chi connectivity index (χ1) is 24.7. The molecule has 2 N–H and O–H groups in total. The van der Waals surface area contributed by atoms with E-state index in [9.17, 15) is 0 Å². The Balaban J connectivity index is 1.12. The lowest BCUT2D eigenvalue weighted by Crippen LogP contribution is -2.06. The topological polar surface area (TPSA) is 43.3 Å². The van der Waals surface area contributed by atoms with Crippen LogP contribution >= 0.6 is 11.3 Å². The van der Waals surface area contributed by atoms with Gasteiger partial charge in [-0.2, -0.15) is 0 Å². The molecule has 0 atom stereocenters. The highest BCUT2D eigenvalue weighted by atomic mass is 32.1. The lowest BCUT2D eigenvalue weighted by atomic mass is 10.0. The van der Waals surface area contributed by atoms with E-state index in [0.717, 1.165) is 33.4 Å². The van der Waals surface area contributed by atoms with E-state index in [1.807, 2.05) is 41.7 Å². The molecule has 2 aromatic heterocycles. The molecule has 0 aliphatic rings. The van der Waals surface area contributed by atoms with Gasteiger partial charge in [-0.1, -0.05) is 146 Å². The molecule has 0 radical (unpaired) electrons. The maximum atomic E-state index is 6.76. The molecule has 0 spiro atoms. The molecule has 0 saturated heterocycles. The molecule has 0 amide bonds. The molecule has 3 nitrogen and oxygen atoms in total. The summed E-state index contributed by atoms with van der Waals surface area (Å²) >= 11 is 1.87. The molecule has 9 aromatic rings. The van der Waals surface area contributed by atoms with Gasteiger partial charge in [0.1, 0.15) is 6.67 Å². The van der Waals surface area contributed by atoms with Crippen LogP contribution in [0.5, 0.6) is 0 Å². The van der Waals surface area contributed by atoms with Gasteiger partial charge >= 0.3 is 0 Å². The fourth-order valence-corrected chi connectivity index (χ4v) is 8.28. The average molecular weight is 660 g/mol. The predicted octanol–water partition coefficient (Wildman–Crippen LogP) is 11.9. The van der Waals surface area contributed by atoms with Crippen molar-refractivity contribution in [1.82, 2.24) is 4.57 Å². The minimum absolute atomic E-state index is 0.455. The van der Waals surface area contributed by atoms with Crippen LogP contribution in [-0.4, -0.2) is 10.3 Å². The Kier molecular flexibility index (Phi) is 7.57. The SMILES string of the molecule is N/C(=C\C(=NCn1c2ccccc2c2cc(-c3cccc4c3sc3ccccc34)ccc21)c1ccccc1)c1ccc(-c2ccccc2)cc1. The summed E-state index contributed by atoms with van der Waals surface area (Å²) in [5.74, 6) is 0. The maximum absolute atomic E-state index is 6.76. The molecule has 0 aliphatic heterocycles. The highest BCUT2D eigenvalue weighted by molar-refractivity contribution is 7.26. The van der Waals surface area contributed by atoms with Gasteiger partial charge in [-0.05, 0) is 63.7 Å². The normalized spacial score (nSPS) is 12.4. The van der Waals surface area contributed by atoms with Crippen molar-refractivity contribution in [3.05, 3.63) is 187 Å². The van der Waals surface area contributed by atoms with Crippen molar-refractivity contribution in [3.8, 4) is 22.3 Å². The molecule has 4 heteroatoms. The standard InChI is InChI=1S/C46H33N3S/c47-41(33-24-22-32(23-25-33)31-12-3-1-4-13-31)29-42(34-14-5-2-6-15-34)48-30-49-43-20-9-7-16-37(43)40-28-35(26-27-44(40)49)36-18-11-19-39-38-17-8-10-21-45(38)50-46(36)39/h1-29H,30,47H2/b41-29-,48-42?. The quantitative estimate of drug-likeness (QED) is 0.170.